The second-order valence-corrected chi connectivity index (χ2v) is 2.93. The lowest BCUT2D eigenvalue weighted by Gasteiger charge is -2.03. The van der Waals surface area contributed by atoms with Crippen LogP contribution in [0.5, 0.6) is 5.75 Å². The molecule has 0 unspecified atom stereocenters. The Labute approximate surface area is 89.0 Å². The molecule has 1 aromatic rings. The number of hydrogen-bond donors (Lipinski definition) is 0. The molecule has 1 aromatic carbocycles. The number of carbonyl (C=O) groups excluding carboxylic acids is 1. The Bertz CT molecular complexity index is 424. The first-order valence-electron chi connectivity index (χ1n) is 4.42. The highest BCUT2D eigenvalue weighted by Gasteiger charge is 1.97. The van der Waals surface area contributed by atoms with E-state index in [2.05, 4.69) is 16.6 Å². The zero-order chi connectivity index (χ0) is 11.3. The molecule has 0 heterocycles. The summed E-state index contributed by atoms with van der Waals surface area (Å²) in [5.41, 5.74) is 1.74. The normalized spacial score (nSPS) is 8.73. The van der Waals surface area contributed by atoms with Crippen molar-refractivity contribution in [2.75, 3.05) is 14.2 Å². The number of carbonyl (C=O) groups is 1. The molecule has 0 N–H and O–H groups in total. The molecule has 0 aliphatic heterocycles. The van der Waals surface area contributed by atoms with Crippen molar-refractivity contribution in [2.45, 2.75) is 6.92 Å². The monoisotopic (exact) mass is 204 g/mol. The highest BCUT2D eigenvalue weighted by atomic mass is 16.5. The van der Waals surface area contributed by atoms with Gasteiger partial charge in [-0.25, -0.2) is 4.79 Å². The van der Waals surface area contributed by atoms with Crippen LogP contribution in [0.1, 0.15) is 11.1 Å². The summed E-state index contributed by atoms with van der Waals surface area (Å²) < 4.78 is 9.52. The molecule has 0 bridgehead atoms. The first-order chi connectivity index (χ1) is 7.17. The van der Waals surface area contributed by atoms with Gasteiger partial charge in [-0.2, -0.15) is 0 Å². The van der Waals surface area contributed by atoms with Gasteiger partial charge in [-0.1, -0.05) is 5.92 Å². The molecule has 78 valence electrons. The Kier molecular flexibility index (Phi) is 3.75. The van der Waals surface area contributed by atoms with Crippen LogP contribution in [0.4, 0.5) is 0 Å². The van der Waals surface area contributed by atoms with E-state index in [0.29, 0.717) is 0 Å². The van der Waals surface area contributed by atoms with E-state index in [0.717, 1.165) is 16.9 Å². The summed E-state index contributed by atoms with van der Waals surface area (Å²) in [6.45, 7) is 1.92. The van der Waals surface area contributed by atoms with Crippen molar-refractivity contribution in [2.24, 2.45) is 0 Å². The van der Waals surface area contributed by atoms with Crippen LogP contribution >= 0.6 is 0 Å². The summed E-state index contributed by atoms with van der Waals surface area (Å²) in [5, 5.41) is 0. The molecule has 0 saturated heterocycles. The van der Waals surface area contributed by atoms with Crippen molar-refractivity contribution in [3.05, 3.63) is 29.3 Å². The average Bonchev–Trinajstić information content (AvgIpc) is 2.26. The lowest BCUT2D eigenvalue weighted by molar-refractivity contribution is -0.133. The third kappa shape index (κ3) is 3.03. The van der Waals surface area contributed by atoms with Gasteiger partial charge in [0.15, 0.2) is 0 Å². The summed E-state index contributed by atoms with van der Waals surface area (Å²) in [6, 6.07) is 5.47. The Morgan fingerprint density at radius 2 is 2.07 bits per heavy atom. The van der Waals surface area contributed by atoms with Crippen molar-refractivity contribution in [1.82, 2.24) is 0 Å². The molecule has 15 heavy (non-hydrogen) atoms. The van der Waals surface area contributed by atoms with Gasteiger partial charge in [0, 0.05) is 11.5 Å². The van der Waals surface area contributed by atoms with Crippen LogP contribution in [0.25, 0.3) is 0 Å². The maximum atomic E-state index is 10.8. The SMILES string of the molecule is COC(=O)C#Cc1ccc(OC)c(C)c1. The Morgan fingerprint density at radius 1 is 1.33 bits per heavy atom. The van der Waals surface area contributed by atoms with Crippen molar-refractivity contribution in [3.63, 3.8) is 0 Å². The van der Waals surface area contributed by atoms with Crippen LogP contribution in [0.2, 0.25) is 0 Å². The molecular weight excluding hydrogens is 192 g/mol. The van der Waals surface area contributed by atoms with Gasteiger partial charge in [-0.05, 0) is 30.7 Å². The van der Waals surface area contributed by atoms with Gasteiger partial charge in [0.1, 0.15) is 5.75 Å². The zero-order valence-corrected chi connectivity index (χ0v) is 8.96. The van der Waals surface area contributed by atoms with Crippen LogP contribution in [0.3, 0.4) is 0 Å². The van der Waals surface area contributed by atoms with Crippen molar-refractivity contribution < 1.29 is 14.3 Å². The molecule has 0 spiro atoms. The van der Waals surface area contributed by atoms with E-state index in [4.69, 9.17) is 4.74 Å². The van der Waals surface area contributed by atoms with Crippen molar-refractivity contribution >= 4 is 5.97 Å². The van der Waals surface area contributed by atoms with Gasteiger partial charge < -0.3 is 9.47 Å². The fraction of sp³-hybridized carbons (Fsp3) is 0.250. The van der Waals surface area contributed by atoms with Crippen molar-refractivity contribution in [3.8, 4) is 17.6 Å². The van der Waals surface area contributed by atoms with Gasteiger partial charge >= 0.3 is 5.97 Å². The largest absolute Gasteiger partial charge is 0.496 e. The average molecular weight is 204 g/mol. The minimum atomic E-state index is -0.538. The molecule has 0 amide bonds. The standard InChI is InChI=1S/C12H12O3/c1-9-8-10(4-6-11(9)14-2)5-7-12(13)15-3/h4,6,8H,1-3H3. The number of rotatable bonds is 1. The zero-order valence-electron chi connectivity index (χ0n) is 8.96. The first kappa shape index (κ1) is 11.1. The number of hydrogen-bond acceptors (Lipinski definition) is 3. The molecule has 0 aromatic heterocycles. The Balaban J connectivity index is 2.92. The highest BCUT2D eigenvalue weighted by molar-refractivity contribution is 5.89. The van der Waals surface area contributed by atoms with Crippen molar-refractivity contribution in [1.29, 1.82) is 0 Å². The van der Waals surface area contributed by atoms with E-state index in [9.17, 15) is 4.79 Å². The molecule has 0 saturated carbocycles. The van der Waals surface area contributed by atoms with Crippen LogP contribution in [-0.2, 0) is 9.53 Å². The van der Waals surface area contributed by atoms with E-state index in [-0.39, 0.29) is 0 Å². The summed E-state index contributed by atoms with van der Waals surface area (Å²) in [7, 11) is 2.92. The lowest BCUT2D eigenvalue weighted by Crippen LogP contribution is -1.94. The number of ether oxygens (including phenoxy) is 2. The Morgan fingerprint density at radius 3 is 2.60 bits per heavy atom. The minimum Gasteiger partial charge on any atom is -0.496 e. The molecular formula is C12H12O3. The van der Waals surface area contributed by atoms with Crippen LogP contribution in [0, 0.1) is 18.8 Å². The summed E-state index contributed by atoms with van der Waals surface area (Å²) in [6.07, 6.45) is 0. The fourth-order valence-electron chi connectivity index (χ4n) is 1.13. The van der Waals surface area contributed by atoms with Gasteiger partial charge in [0.05, 0.1) is 14.2 Å². The predicted octanol–water partition coefficient (Wildman–Crippen LogP) is 1.53. The second-order valence-electron chi connectivity index (χ2n) is 2.93. The first-order valence-corrected chi connectivity index (χ1v) is 4.42. The van der Waals surface area contributed by atoms with E-state index in [1.54, 1.807) is 13.2 Å². The lowest BCUT2D eigenvalue weighted by atomic mass is 10.1. The molecule has 0 radical (unpaired) electrons. The second kappa shape index (κ2) is 5.06. The van der Waals surface area contributed by atoms with E-state index in [1.807, 2.05) is 19.1 Å². The van der Waals surface area contributed by atoms with E-state index in [1.165, 1.54) is 7.11 Å². The third-order valence-corrected chi connectivity index (χ3v) is 1.89. The maximum absolute atomic E-state index is 10.8. The third-order valence-electron chi connectivity index (χ3n) is 1.89. The van der Waals surface area contributed by atoms with Gasteiger partial charge in [-0.3, -0.25) is 0 Å². The quantitative estimate of drug-likeness (QED) is 0.514. The smallest absolute Gasteiger partial charge is 0.384 e. The Hall–Kier alpha value is -1.95. The van der Waals surface area contributed by atoms with E-state index < -0.39 is 5.97 Å². The summed E-state index contributed by atoms with van der Waals surface area (Å²) in [5.74, 6) is 5.33. The molecule has 0 aliphatic rings. The van der Waals surface area contributed by atoms with Crippen LogP contribution in [-0.4, -0.2) is 20.2 Å². The van der Waals surface area contributed by atoms with Crippen LogP contribution < -0.4 is 4.74 Å². The molecule has 0 atom stereocenters. The number of aryl methyl sites for hydroxylation is 1. The number of benzene rings is 1. The number of esters is 1. The summed E-state index contributed by atoms with van der Waals surface area (Å²) >= 11 is 0. The number of methoxy groups -OCH3 is 2. The van der Waals surface area contributed by atoms with E-state index >= 15 is 0 Å². The molecule has 3 nitrogen and oxygen atoms in total. The van der Waals surface area contributed by atoms with Gasteiger partial charge in [0.2, 0.25) is 0 Å². The summed E-state index contributed by atoms with van der Waals surface area (Å²) in [4.78, 5) is 10.8. The maximum Gasteiger partial charge on any atom is 0.384 e. The predicted molar refractivity (Wildman–Crippen MR) is 56.6 cm³/mol. The van der Waals surface area contributed by atoms with Gasteiger partial charge in [-0.15, -0.1) is 0 Å². The molecule has 3 heteroatoms. The van der Waals surface area contributed by atoms with Gasteiger partial charge in [0.25, 0.3) is 0 Å². The minimum absolute atomic E-state index is 0.538. The highest BCUT2D eigenvalue weighted by Crippen LogP contribution is 2.17. The molecule has 0 aliphatic carbocycles. The topological polar surface area (TPSA) is 35.5 Å². The molecule has 0 fully saturated rings. The fourth-order valence-corrected chi connectivity index (χ4v) is 1.13. The van der Waals surface area contributed by atoms with Crippen LogP contribution in [0.15, 0.2) is 18.2 Å². The molecule has 1 rings (SSSR count).